The lowest BCUT2D eigenvalue weighted by atomic mass is 10.1. The molecule has 1 amide bonds. The molecule has 0 spiro atoms. The van der Waals surface area contributed by atoms with Crippen molar-refractivity contribution in [2.45, 2.75) is 13.0 Å². The highest BCUT2D eigenvalue weighted by atomic mass is 16.2. The molecule has 1 unspecified atom stereocenters. The van der Waals surface area contributed by atoms with Crippen molar-refractivity contribution in [2.24, 2.45) is 0 Å². The maximum absolute atomic E-state index is 12.8. The summed E-state index contributed by atoms with van der Waals surface area (Å²) in [6.45, 7) is 1.90. The molecule has 0 aliphatic heterocycles. The quantitative estimate of drug-likeness (QED) is 0.580. The van der Waals surface area contributed by atoms with Crippen LogP contribution in [0.3, 0.4) is 0 Å². The number of aromatic nitrogens is 4. The minimum absolute atomic E-state index is 0.124. The van der Waals surface area contributed by atoms with E-state index in [2.05, 4.69) is 20.4 Å². The van der Waals surface area contributed by atoms with Gasteiger partial charge in [-0.15, -0.1) is 5.10 Å². The van der Waals surface area contributed by atoms with Crippen LogP contribution in [0.25, 0.3) is 17.1 Å². The van der Waals surface area contributed by atoms with Crippen LogP contribution in [0.4, 0.5) is 0 Å². The van der Waals surface area contributed by atoms with Crippen LogP contribution >= 0.6 is 0 Å². The van der Waals surface area contributed by atoms with E-state index in [-0.39, 0.29) is 17.8 Å². The minimum atomic E-state index is -0.330. The zero-order valence-corrected chi connectivity index (χ0v) is 15.4. The number of nitrogens with one attached hydrogen (secondary N) is 1. The Morgan fingerprint density at radius 1 is 0.964 bits per heavy atom. The van der Waals surface area contributed by atoms with E-state index >= 15 is 0 Å². The van der Waals surface area contributed by atoms with Crippen LogP contribution in [0, 0.1) is 0 Å². The zero-order valence-electron chi connectivity index (χ0n) is 15.4. The van der Waals surface area contributed by atoms with Crippen molar-refractivity contribution in [3.63, 3.8) is 0 Å². The molecule has 6 nitrogen and oxygen atoms in total. The Labute approximate surface area is 162 Å². The van der Waals surface area contributed by atoms with Crippen LogP contribution in [0.2, 0.25) is 0 Å². The van der Waals surface area contributed by atoms with E-state index in [0.29, 0.717) is 5.82 Å². The summed E-state index contributed by atoms with van der Waals surface area (Å²) in [5.74, 6) is 0.410. The molecule has 1 atom stereocenters. The van der Waals surface area contributed by atoms with Crippen molar-refractivity contribution < 1.29 is 4.79 Å². The monoisotopic (exact) mass is 369 g/mol. The standard InChI is InChI=1S/C22H19N5O/c1-16(18-11-8-14-23-15-18)24-22(28)20-25-21(17-9-4-2-5-10-17)27(26-20)19-12-6-3-7-13-19/h2-16H,1H3,(H,24,28). The number of amides is 1. The van der Waals surface area contributed by atoms with E-state index in [0.717, 1.165) is 16.8 Å². The SMILES string of the molecule is CC(NC(=O)c1nc(-c2ccccc2)n(-c2ccccc2)n1)c1cccnc1. The fraction of sp³-hybridized carbons (Fsp3) is 0.0909. The molecule has 4 rings (SSSR count). The maximum Gasteiger partial charge on any atom is 0.291 e. The predicted octanol–water partition coefficient (Wildman–Crippen LogP) is 3.82. The van der Waals surface area contributed by atoms with Gasteiger partial charge in [-0.25, -0.2) is 9.67 Å². The molecule has 6 heteroatoms. The largest absolute Gasteiger partial charge is 0.343 e. The van der Waals surface area contributed by atoms with Gasteiger partial charge in [0.05, 0.1) is 11.7 Å². The van der Waals surface area contributed by atoms with E-state index in [1.807, 2.05) is 79.7 Å². The van der Waals surface area contributed by atoms with Crippen LogP contribution in [0.1, 0.15) is 29.1 Å². The van der Waals surface area contributed by atoms with E-state index in [4.69, 9.17) is 0 Å². The van der Waals surface area contributed by atoms with Crippen LogP contribution in [0.5, 0.6) is 0 Å². The molecule has 0 bridgehead atoms. The third kappa shape index (κ3) is 3.66. The molecule has 0 fully saturated rings. The van der Waals surface area contributed by atoms with Gasteiger partial charge in [0.2, 0.25) is 5.82 Å². The second-order valence-corrected chi connectivity index (χ2v) is 6.35. The predicted molar refractivity (Wildman–Crippen MR) is 107 cm³/mol. The topological polar surface area (TPSA) is 72.7 Å². The molecule has 4 aromatic rings. The van der Waals surface area contributed by atoms with Gasteiger partial charge in [0.25, 0.3) is 5.91 Å². The number of hydrogen-bond acceptors (Lipinski definition) is 4. The van der Waals surface area contributed by atoms with Crippen LogP contribution in [-0.2, 0) is 0 Å². The summed E-state index contributed by atoms with van der Waals surface area (Å²) in [5.41, 5.74) is 2.65. The first-order valence-corrected chi connectivity index (χ1v) is 9.01. The lowest BCUT2D eigenvalue weighted by molar-refractivity contribution is 0.0929. The average Bonchev–Trinajstić information content (AvgIpc) is 3.21. The second-order valence-electron chi connectivity index (χ2n) is 6.35. The highest BCUT2D eigenvalue weighted by Crippen LogP contribution is 2.21. The fourth-order valence-electron chi connectivity index (χ4n) is 2.91. The number of hydrogen-bond donors (Lipinski definition) is 1. The van der Waals surface area contributed by atoms with Gasteiger partial charge in [-0.2, -0.15) is 0 Å². The molecule has 28 heavy (non-hydrogen) atoms. The zero-order chi connectivity index (χ0) is 19.3. The summed E-state index contributed by atoms with van der Waals surface area (Å²) in [6.07, 6.45) is 3.43. The lowest BCUT2D eigenvalue weighted by Crippen LogP contribution is -2.27. The Morgan fingerprint density at radius 3 is 2.36 bits per heavy atom. The average molecular weight is 369 g/mol. The van der Waals surface area contributed by atoms with Crippen molar-refractivity contribution in [3.8, 4) is 17.1 Å². The Balaban J connectivity index is 1.68. The van der Waals surface area contributed by atoms with Gasteiger partial charge in [0.15, 0.2) is 5.82 Å². The Hall–Kier alpha value is -3.80. The summed E-state index contributed by atoms with van der Waals surface area (Å²) in [5, 5.41) is 7.42. The molecule has 1 N–H and O–H groups in total. The van der Waals surface area contributed by atoms with Crippen molar-refractivity contribution in [1.29, 1.82) is 0 Å². The number of carbonyl (C=O) groups excluding carboxylic acids is 1. The summed E-state index contributed by atoms with van der Waals surface area (Å²) in [7, 11) is 0. The Bertz CT molecular complexity index is 1010. The van der Waals surface area contributed by atoms with Gasteiger partial charge in [0.1, 0.15) is 0 Å². The number of benzene rings is 2. The molecule has 0 aliphatic rings. The molecule has 0 aliphatic carbocycles. The molecule has 138 valence electrons. The highest BCUT2D eigenvalue weighted by molar-refractivity contribution is 5.91. The minimum Gasteiger partial charge on any atom is -0.343 e. The maximum atomic E-state index is 12.8. The number of para-hydroxylation sites is 1. The molecule has 0 saturated carbocycles. The second kappa shape index (κ2) is 7.84. The Morgan fingerprint density at radius 2 is 1.68 bits per heavy atom. The number of carbonyl (C=O) groups is 1. The highest BCUT2D eigenvalue weighted by Gasteiger charge is 2.20. The molecular formula is C22H19N5O. The van der Waals surface area contributed by atoms with Crippen molar-refractivity contribution in [1.82, 2.24) is 25.1 Å². The van der Waals surface area contributed by atoms with Crippen molar-refractivity contribution in [2.75, 3.05) is 0 Å². The van der Waals surface area contributed by atoms with Crippen molar-refractivity contribution in [3.05, 3.63) is 96.6 Å². The van der Waals surface area contributed by atoms with E-state index in [9.17, 15) is 4.79 Å². The number of rotatable bonds is 5. The Kier molecular flexibility index (Phi) is 4.93. The van der Waals surface area contributed by atoms with Crippen LogP contribution in [0.15, 0.2) is 85.2 Å². The number of nitrogens with zero attached hydrogens (tertiary/aromatic N) is 4. The molecule has 0 saturated heterocycles. The van der Waals surface area contributed by atoms with E-state index < -0.39 is 0 Å². The van der Waals surface area contributed by atoms with Crippen LogP contribution < -0.4 is 5.32 Å². The van der Waals surface area contributed by atoms with Gasteiger partial charge in [0, 0.05) is 18.0 Å². The van der Waals surface area contributed by atoms with Gasteiger partial charge >= 0.3 is 0 Å². The van der Waals surface area contributed by atoms with Gasteiger partial charge in [-0.05, 0) is 30.7 Å². The molecule has 2 heterocycles. The normalized spacial score (nSPS) is 11.8. The number of pyridine rings is 1. The summed E-state index contributed by atoms with van der Waals surface area (Å²) in [6, 6.07) is 22.9. The lowest BCUT2D eigenvalue weighted by Gasteiger charge is -2.12. The summed E-state index contributed by atoms with van der Waals surface area (Å²) in [4.78, 5) is 21.4. The fourth-order valence-corrected chi connectivity index (χ4v) is 2.91. The van der Waals surface area contributed by atoms with Gasteiger partial charge in [-0.3, -0.25) is 9.78 Å². The molecular weight excluding hydrogens is 350 g/mol. The summed E-state index contributed by atoms with van der Waals surface area (Å²) >= 11 is 0. The first-order valence-electron chi connectivity index (χ1n) is 9.01. The first-order chi connectivity index (χ1) is 13.7. The third-order valence-corrected chi connectivity index (χ3v) is 4.38. The van der Waals surface area contributed by atoms with Crippen molar-refractivity contribution >= 4 is 5.91 Å². The molecule has 2 aromatic heterocycles. The van der Waals surface area contributed by atoms with E-state index in [1.54, 1.807) is 17.1 Å². The third-order valence-electron chi connectivity index (χ3n) is 4.38. The smallest absolute Gasteiger partial charge is 0.291 e. The van der Waals surface area contributed by atoms with Gasteiger partial charge < -0.3 is 5.32 Å². The van der Waals surface area contributed by atoms with E-state index in [1.165, 1.54) is 0 Å². The molecule has 0 radical (unpaired) electrons. The van der Waals surface area contributed by atoms with Crippen LogP contribution in [-0.4, -0.2) is 25.7 Å². The summed E-state index contributed by atoms with van der Waals surface area (Å²) < 4.78 is 1.69. The van der Waals surface area contributed by atoms with Gasteiger partial charge in [-0.1, -0.05) is 54.6 Å². The molecule has 2 aromatic carbocycles. The first kappa shape index (κ1) is 17.6.